The Balaban J connectivity index is 2.74. The number of nitrogens with two attached hydrogens (primary N) is 1. The van der Waals surface area contributed by atoms with Crippen molar-refractivity contribution in [2.75, 3.05) is 25.6 Å². The van der Waals surface area contributed by atoms with E-state index >= 15 is 0 Å². The van der Waals surface area contributed by atoms with Gasteiger partial charge < -0.3 is 15.8 Å². The van der Waals surface area contributed by atoms with Crippen molar-refractivity contribution in [3.8, 4) is 5.75 Å². The maximum absolute atomic E-state index is 11.7. The van der Waals surface area contributed by atoms with Crippen LogP contribution < -0.4 is 15.8 Å². The van der Waals surface area contributed by atoms with Crippen LogP contribution in [-0.4, -0.2) is 30.0 Å². The molecule has 0 saturated carbocycles. The van der Waals surface area contributed by atoms with Crippen LogP contribution in [0.2, 0.25) is 0 Å². The Morgan fingerprint density at radius 3 is 2.82 bits per heavy atom. The first-order chi connectivity index (χ1) is 8.06. The van der Waals surface area contributed by atoms with E-state index < -0.39 is 10.8 Å². The van der Waals surface area contributed by atoms with Crippen LogP contribution in [0.5, 0.6) is 5.75 Å². The maximum Gasteiger partial charge on any atom is 0.232 e. The zero-order valence-electron chi connectivity index (χ0n) is 9.86. The van der Waals surface area contributed by atoms with Crippen molar-refractivity contribution in [3.05, 3.63) is 23.8 Å². The number of ether oxygens (including phenoxy) is 1. The number of nitrogen functional groups attached to an aromatic ring is 1. The average Bonchev–Trinajstić information content (AvgIpc) is 2.31. The number of rotatable bonds is 5. The number of anilines is 1. The van der Waals surface area contributed by atoms with Crippen molar-refractivity contribution in [1.82, 2.24) is 5.32 Å². The highest BCUT2D eigenvalue weighted by Crippen LogP contribution is 2.22. The summed E-state index contributed by atoms with van der Waals surface area (Å²) >= 11 is 0. The molecule has 1 rings (SSSR count). The Hall–Kier alpha value is -1.56. The summed E-state index contributed by atoms with van der Waals surface area (Å²) in [5.41, 5.74) is 6.98. The van der Waals surface area contributed by atoms with E-state index in [4.69, 9.17) is 10.5 Å². The second-order valence-corrected chi connectivity index (χ2v) is 4.93. The Labute approximate surface area is 103 Å². The molecule has 1 amide bonds. The lowest BCUT2D eigenvalue weighted by Crippen LogP contribution is -2.24. The number of methoxy groups -OCH3 is 1. The van der Waals surface area contributed by atoms with Gasteiger partial charge in [0.15, 0.2) is 0 Å². The molecule has 0 saturated heterocycles. The molecule has 0 fully saturated rings. The number of hydrogen-bond acceptors (Lipinski definition) is 4. The van der Waals surface area contributed by atoms with Gasteiger partial charge in [-0.2, -0.15) is 0 Å². The fourth-order valence-electron chi connectivity index (χ4n) is 1.32. The van der Waals surface area contributed by atoms with E-state index in [-0.39, 0.29) is 17.4 Å². The first kappa shape index (κ1) is 13.5. The molecule has 0 heterocycles. The molecule has 1 aromatic carbocycles. The molecule has 17 heavy (non-hydrogen) atoms. The van der Waals surface area contributed by atoms with E-state index in [1.54, 1.807) is 18.2 Å². The predicted octanol–water partition coefficient (Wildman–Crippen LogP) is 0.272. The minimum atomic E-state index is -1.25. The van der Waals surface area contributed by atoms with Gasteiger partial charge in [0.05, 0.1) is 12.9 Å². The van der Waals surface area contributed by atoms with Crippen molar-refractivity contribution < 1.29 is 13.7 Å². The Morgan fingerprint density at radius 1 is 1.53 bits per heavy atom. The molecule has 1 aromatic rings. The summed E-state index contributed by atoms with van der Waals surface area (Å²) < 4.78 is 16.8. The summed E-state index contributed by atoms with van der Waals surface area (Å²) in [6.45, 7) is 0. The van der Waals surface area contributed by atoms with Crippen molar-refractivity contribution in [2.24, 2.45) is 0 Å². The van der Waals surface area contributed by atoms with Gasteiger partial charge in [0, 0.05) is 35.2 Å². The first-order valence-corrected chi connectivity index (χ1v) is 6.53. The number of benzene rings is 1. The van der Waals surface area contributed by atoms with E-state index in [2.05, 4.69) is 5.32 Å². The highest BCUT2D eigenvalue weighted by atomic mass is 32.2. The van der Waals surface area contributed by atoms with E-state index in [0.717, 1.165) is 5.56 Å². The molecule has 0 aliphatic heterocycles. The normalized spacial score (nSPS) is 11.9. The summed E-state index contributed by atoms with van der Waals surface area (Å²) in [6, 6.07) is 5.15. The number of carbonyl (C=O) groups excluding carboxylic acids is 1. The molecule has 1 unspecified atom stereocenters. The van der Waals surface area contributed by atoms with Gasteiger partial charge in [-0.05, 0) is 6.07 Å². The lowest BCUT2D eigenvalue weighted by Gasteiger charge is -2.08. The monoisotopic (exact) mass is 256 g/mol. The predicted molar refractivity (Wildman–Crippen MR) is 68.2 cm³/mol. The Kier molecular flexibility index (Phi) is 4.96. The molecule has 94 valence electrons. The number of carbonyl (C=O) groups is 1. The summed E-state index contributed by atoms with van der Waals surface area (Å²) in [6.07, 6.45) is 0. The van der Waals surface area contributed by atoms with Crippen molar-refractivity contribution in [2.45, 2.75) is 5.75 Å². The van der Waals surface area contributed by atoms with Crippen molar-refractivity contribution in [1.29, 1.82) is 0 Å². The summed E-state index contributed by atoms with van der Waals surface area (Å²) in [5, 5.41) is 2.44. The third-order valence-electron chi connectivity index (χ3n) is 2.20. The van der Waals surface area contributed by atoms with Crippen LogP contribution in [0.25, 0.3) is 0 Å². The number of hydrogen-bond donors (Lipinski definition) is 2. The van der Waals surface area contributed by atoms with Crippen molar-refractivity contribution >= 4 is 22.4 Å². The van der Waals surface area contributed by atoms with Gasteiger partial charge in [-0.3, -0.25) is 9.00 Å². The van der Waals surface area contributed by atoms with Gasteiger partial charge in [-0.15, -0.1) is 0 Å². The van der Waals surface area contributed by atoms with Gasteiger partial charge in [0.25, 0.3) is 0 Å². The van der Waals surface area contributed by atoms with Crippen LogP contribution in [-0.2, 0) is 21.3 Å². The van der Waals surface area contributed by atoms with Crippen molar-refractivity contribution in [3.63, 3.8) is 0 Å². The molecule has 0 radical (unpaired) electrons. The van der Waals surface area contributed by atoms with Gasteiger partial charge in [0.2, 0.25) is 5.91 Å². The largest absolute Gasteiger partial charge is 0.496 e. The third-order valence-corrected chi connectivity index (χ3v) is 3.42. The fourth-order valence-corrected chi connectivity index (χ4v) is 2.45. The van der Waals surface area contributed by atoms with E-state index in [1.165, 1.54) is 14.2 Å². The summed E-state index contributed by atoms with van der Waals surface area (Å²) in [7, 11) is 1.79. The molecule has 0 aliphatic rings. The Morgan fingerprint density at radius 2 is 2.24 bits per heavy atom. The van der Waals surface area contributed by atoms with Gasteiger partial charge in [0.1, 0.15) is 11.5 Å². The standard InChI is InChI=1S/C11H16N2O3S/c1-13-11(14)7-17(15)6-8-3-4-9(12)5-10(8)16-2/h3-5H,6-7,12H2,1-2H3,(H,13,14). The lowest BCUT2D eigenvalue weighted by molar-refractivity contribution is -0.118. The van der Waals surface area contributed by atoms with Gasteiger partial charge in [-0.25, -0.2) is 0 Å². The van der Waals surface area contributed by atoms with Crippen LogP contribution >= 0.6 is 0 Å². The topological polar surface area (TPSA) is 81.4 Å². The molecule has 5 nitrogen and oxygen atoms in total. The van der Waals surface area contributed by atoms with Crippen LogP contribution in [0.1, 0.15) is 5.56 Å². The highest BCUT2D eigenvalue weighted by molar-refractivity contribution is 7.84. The quantitative estimate of drug-likeness (QED) is 0.741. The smallest absolute Gasteiger partial charge is 0.232 e. The lowest BCUT2D eigenvalue weighted by atomic mass is 10.2. The number of nitrogens with one attached hydrogen (secondary N) is 1. The van der Waals surface area contributed by atoms with Crippen LogP contribution in [0.15, 0.2) is 18.2 Å². The maximum atomic E-state index is 11.7. The second-order valence-electron chi connectivity index (χ2n) is 3.47. The molecule has 6 heteroatoms. The SMILES string of the molecule is CNC(=O)CS(=O)Cc1ccc(N)cc1OC. The highest BCUT2D eigenvalue weighted by Gasteiger charge is 2.10. The molecule has 0 aliphatic carbocycles. The summed E-state index contributed by atoms with van der Waals surface area (Å²) in [4.78, 5) is 11.1. The molecule has 0 aromatic heterocycles. The van der Waals surface area contributed by atoms with Crippen LogP contribution in [0.4, 0.5) is 5.69 Å². The zero-order valence-corrected chi connectivity index (χ0v) is 10.7. The van der Waals surface area contributed by atoms with E-state index in [9.17, 15) is 9.00 Å². The number of amides is 1. The Bertz CT molecular complexity index is 435. The summed E-state index contributed by atoms with van der Waals surface area (Å²) in [5.74, 6) is 0.619. The fraction of sp³-hybridized carbons (Fsp3) is 0.364. The van der Waals surface area contributed by atoms with E-state index in [1.807, 2.05) is 0 Å². The van der Waals surface area contributed by atoms with E-state index in [0.29, 0.717) is 11.4 Å². The molecule has 0 bridgehead atoms. The average molecular weight is 256 g/mol. The first-order valence-electron chi connectivity index (χ1n) is 5.04. The van der Waals surface area contributed by atoms with Crippen LogP contribution in [0, 0.1) is 0 Å². The zero-order chi connectivity index (χ0) is 12.8. The molecule has 1 atom stereocenters. The minimum absolute atomic E-state index is 0.00989. The van der Waals surface area contributed by atoms with Gasteiger partial charge in [-0.1, -0.05) is 6.07 Å². The molecular formula is C11H16N2O3S. The molecule has 0 spiro atoms. The van der Waals surface area contributed by atoms with Crippen LogP contribution in [0.3, 0.4) is 0 Å². The molecule has 3 N–H and O–H groups in total. The third kappa shape index (κ3) is 4.07. The second kappa shape index (κ2) is 6.24. The van der Waals surface area contributed by atoms with Gasteiger partial charge >= 0.3 is 0 Å². The minimum Gasteiger partial charge on any atom is -0.496 e. The molecular weight excluding hydrogens is 240 g/mol.